The van der Waals surface area contributed by atoms with Crippen LogP contribution in [0.25, 0.3) is 0 Å². The maximum absolute atomic E-state index is 5.84. The van der Waals surface area contributed by atoms with Crippen molar-refractivity contribution in [3.8, 4) is 0 Å². The van der Waals surface area contributed by atoms with E-state index >= 15 is 0 Å². The van der Waals surface area contributed by atoms with Gasteiger partial charge in [-0.05, 0) is 45.0 Å². The van der Waals surface area contributed by atoms with Gasteiger partial charge in [-0.25, -0.2) is 0 Å². The minimum absolute atomic E-state index is 0.0263. The highest BCUT2D eigenvalue weighted by atomic mass is 35.5. The lowest BCUT2D eigenvalue weighted by Gasteiger charge is -2.18. The number of hydrogen-bond acceptors (Lipinski definition) is 2. The summed E-state index contributed by atoms with van der Waals surface area (Å²) in [7, 11) is 0. The number of aromatic nitrogens is 2. The Hall–Kier alpha value is -1.48. The third kappa shape index (κ3) is 3.26. The van der Waals surface area contributed by atoms with Crippen molar-refractivity contribution >= 4 is 17.3 Å². The highest BCUT2D eigenvalue weighted by Gasteiger charge is 2.13. The van der Waals surface area contributed by atoms with E-state index in [1.54, 1.807) is 0 Å². The van der Waals surface area contributed by atoms with Crippen molar-refractivity contribution in [3.05, 3.63) is 47.2 Å². The monoisotopic (exact) mass is 263 g/mol. The molecule has 4 heteroatoms. The molecule has 3 nitrogen and oxygen atoms in total. The lowest BCUT2D eigenvalue weighted by molar-refractivity contribution is 0.355. The van der Waals surface area contributed by atoms with E-state index < -0.39 is 0 Å². The highest BCUT2D eigenvalue weighted by Crippen LogP contribution is 2.16. The zero-order chi connectivity index (χ0) is 13.2. The molecule has 0 saturated carbocycles. The van der Waals surface area contributed by atoms with E-state index in [-0.39, 0.29) is 5.54 Å². The number of hydrogen-bond donors (Lipinski definition) is 1. The van der Waals surface area contributed by atoms with Crippen molar-refractivity contribution in [2.75, 3.05) is 5.32 Å². The Morgan fingerprint density at radius 2 is 1.89 bits per heavy atom. The third-order valence-electron chi connectivity index (χ3n) is 2.66. The SMILES string of the molecule is CC(C)(C)n1cc(CNc2ccc(Cl)cc2)cn1. The molecule has 0 amide bonds. The standard InChI is InChI=1S/C14H18ClN3/c1-14(2,3)18-10-11(9-17-18)8-16-13-6-4-12(15)5-7-13/h4-7,9-10,16H,8H2,1-3H3. The van der Waals surface area contributed by atoms with Gasteiger partial charge >= 0.3 is 0 Å². The molecule has 0 saturated heterocycles. The van der Waals surface area contributed by atoms with Gasteiger partial charge in [0.15, 0.2) is 0 Å². The maximum atomic E-state index is 5.84. The summed E-state index contributed by atoms with van der Waals surface area (Å²) in [6, 6.07) is 7.69. The van der Waals surface area contributed by atoms with Gasteiger partial charge in [0, 0.05) is 29.0 Å². The summed E-state index contributed by atoms with van der Waals surface area (Å²) < 4.78 is 1.98. The van der Waals surface area contributed by atoms with Gasteiger partial charge < -0.3 is 5.32 Å². The van der Waals surface area contributed by atoms with E-state index in [1.165, 1.54) is 5.56 Å². The molecule has 1 aromatic carbocycles. The molecule has 0 radical (unpaired) electrons. The molecule has 1 aromatic heterocycles. The normalized spacial score (nSPS) is 11.6. The first-order chi connectivity index (χ1) is 8.45. The van der Waals surface area contributed by atoms with Crippen LogP contribution in [0.4, 0.5) is 5.69 Å². The molecule has 0 atom stereocenters. The summed E-state index contributed by atoms with van der Waals surface area (Å²) in [4.78, 5) is 0. The van der Waals surface area contributed by atoms with Crippen LogP contribution in [0.3, 0.4) is 0 Å². The average Bonchev–Trinajstić information content (AvgIpc) is 2.77. The fourth-order valence-electron chi connectivity index (χ4n) is 1.59. The Balaban J connectivity index is 1.98. The van der Waals surface area contributed by atoms with E-state index in [0.29, 0.717) is 0 Å². The van der Waals surface area contributed by atoms with Crippen LogP contribution >= 0.6 is 11.6 Å². The highest BCUT2D eigenvalue weighted by molar-refractivity contribution is 6.30. The van der Waals surface area contributed by atoms with E-state index in [0.717, 1.165) is 17.3 Å². The zero-order valence-corrected chi connectivity index (χ0v) is 11.7. The maximum Gasteiger partial charge on any atom is 0.0543 e. The molecule has 2 aromatic rings. The first-order valence-corrected chi connectivity index (χ1v) is 6.36. The molecular weight excluding hydrogens is 246 g/mol. The van der Waals surface area contributed by atoms with Gasteiger partial charge in [0.05, 0.1) is 11.7 Å². The summed E-state index contributed by atoms with van der Waals surface area (Å²) in [5.41, 5.74) is 2.25. The summed E-state index contributed by atoms with van der Waals surface area (Å²) in [5.74, 6) is 0. The van der Waals surface area contributed by atoms with Crippen LogP contribution in [0, 0.1) is 0 Å². The van der Waals surface area contributed by atoms with Gasteiger partial charge in [-0.15, -0.1) is 0 Å². The van der Waals surface area contributed by atoms with Gasteiger partial charge in [0.25, 0.3) is 0 Å². The topological polar surface area (TPSA) is 29.9 Å². The number of anilines is 1. The van der Waals surface area contributed by atoms with E-state index in [9.17, 15) is 0 Å². The second kappa shape index (κ2) is 5.02. The lowest BCUT2D eigenvalue weighted by Crippen LogP contribution is -2.21. The van der Waals surface area contributed by atoms with Crippen molar-refractivity contribution in [1.82, 2.24) is 9.78 Å². The minimum Gasteiger partial charge on any atom is -0.381 e. The first kappa shape index (κ1) is 13.0. The van der Waals surface area contributed by atoms with Crippen molar-refractivity contribution < 1.29 is 0 Å². The van der Waals surface area contributed by atoms with E-state index in [1.807, 2.05) is 35.1 Å². The molecule has 0 aliphatic carbocycles. The number of nitrogens with zero attached hydrogens (tertiary/aromatic N) is 2. The molecule has 0 aliphatic rings. The largest absolute Gasteiger partial charge is 0.381 e. The summed E-state index contributed by atoms with van der Waals surface area (Å²) >= 11 is 5.84. The fourth-order valence-corrected chi connectivity index (χ4v) is 1.72. The van der Waals surface area contributed by atoms with Crippen LogP contribution in [-0.2, 0) is 12.1 Å². The molecule has 96 valence electrons. The van der Waals surface area contributed by atoms with Crippen molar-refractivity contribution in [2.45, 2.75) is 32.9 Å². The Bertz CT molecular complexity index is 509. The average molecular weight is 264 g/mol. The van der Waals surface area contributed by atoms with Crippen LogP contribution in [0.5, 0.6) is 0 Å². The molecule has 0 aliphatic heterocycles. The van der Waals surface area contributed by atoms with Crippen LogP contribution in [-0.4, -0.2) is 9.78 Å². The smallest absolute Gasteiger partial charge is 0.0543 e. The Labute approximate surface area is 113 Å². The Kier molecular flexibility index (Phi) is 3.62. The second-order valence-electron chi connectivity index (χ2n) is 5.32. The lowest BCUT2D eigenvalue weighted by atomic mass is 10.1. The predicted molar refractivity (Wildman–Crippen MR) is 76.0 cm³/mol. The van der Waals surface area contributed by atoms with Crippen molar-refractivity contribution in [1.29, 1.82) is 0 Å². The van der Waals surface area contributed by atoms with E-state index in [4.69, 9.17) is 11.6 Å². The van der Waals surface area contributed by atoms with Gasteiger partial charge in [0.2, 0.25) is 0 Å². The molecule has 0 spiro atoms. The molecule has 1 N–H and O–H groups in total. The molecule has 0 unspecified atom stereocenters. The molecular formula is C14H18ClN3. The minimum atomic E-state index is 0.0263. The van der Waals surface area contributed by atoms with E-state index in [2.05, 4.69) is 37.4 Å². The second-order valence-corrected chi connectivity index (χ2v) is 5.76. The fraction of sp³-hybridized carbons (Fsp3) is 0.357. The number of benzene rings is 1. The quantitative estimate of drug-likeness (QED) is 0.910. The predicted octanol–water partition coefficient (Wildman–Crippen LogP) is 3.90. The Morgan fingerprint density at radius 3 is 2.44 bits per heavy atom. The number of nitrogens with one attached hydrogen (secondary N) is 1. The molecule has 0 fully saturated rings. The van der Waals surface area contributed by atoms with Crippen LogP contribution in [0.1, 0.15) is 26.3 Å². The Morgan fingerprint density at radius 1 is 1.22 bits per heavy atom. The first-order valence-electron chi connectivity index (χ1n) is 5.98. The van der Waals surface area contributed by atoms with Gasteiger partial charge in [-0.1, -0.05) is 11.6 Å². The number of rotatable bonds is 3. The van der Waals surface area contributed by atoms with Crippen LogP contribution in [0.2, 0.25) is 5.02 Å². The van der Waals surface area contributed by atoms with Crippen LogP contribution in [0.15, 0.2) is 36.7 Å². The summed E-state index contributed by atoms with van der Waals surface area (Å²) in [5, 5.41) is 8.46. The van der Waals surface area contributed by atoms with Crippen LogP contribution < -0.4 is 5.32 Å². The molecule has 1 heterocycles. The summed E-state index contributed by atoms with van der Waals surface area (Å²) in [6.07, 6.45) is 3.97. The van der Waals surface area contributed by atoms with Gasteiger partial charge in [-0.2, -0.15) is 5.10 Å². The van der Waals surface area contributed by atoms with Crippen molar-refractivity contribution in [3.63, 3.8) is 0 Å². The zero-order valence-electron chi connectivity index (χ0n) is 10.9. The molecule has 2 rings (SSSR count). The van der Waals surface area contributed by atoms with Crippen molar-refractivity contribution in [2.24, 2.45) is 0 Å². The van der Waals surface area contributed by atoms with Gasteiger partial charge in [-0.3, -0.25) is 4.68 Å². The third-order valence-corrected chi connectivity index (χ3v) is 2.92. The number of halogens is 1. The summed E-state index contributed by atoms with van der Waals surface area (Å²) in [6.45, 7) is 7.17. The van der Waals surface area contributed by atoms with Gasteiger partial charge in [0.1, 0.15) is 0 Å². The molecule has 0 bridgehead atoms. The molecule has 18 heavy (non-hydrogen) atoms.